The second-order valence-electron chi connectivity index (χ2n) is 2.86. The minimum atomic E-state index is 0.577. The fourth-order valence-corrected chi connectivity index (χ4v) is 1.31. The molecular formula is C10H11N. The molecule has 1 aromatic heterocycles. The van der Waals surface area contributed by atoms with Gasteiger partial charge in [0.2, 0.25) is 0 Å². The molecule has 1 aromatic carbocycles. The Morgan fingerprint density at radius 3 is 3.00 bits per heavy atom. The lowest BCUT2D eigenvalue weighted by Crippen LogP contribution is -1.80. The van der Waals surface area contributed by atoms with Gasteiger partial charge < -0.3 is 4.98 Å². The van der Waals surface area contributed by atoms with E-state index in [4.69, 9.17) is 1.37 Å². The van der Waals surface area contributed by atoms with Crippen molar-refractivity contribution in [3.63, 3.8) is 0 Å². The topological polar surface area (TPSA) is 15.8 Å². The minimum Gasteiger partial charge on any atom is -0.361 e. The lowest BCUT2D eigenvalue weighted by Gasteiger charge is -1.99. The van der Waals surface area contributed by atoms with Gasteiger partial charge in [-0.15, -0.1) is 0 Å². The number of fused-ring (bicyclic) bond motifs is 1. The SMILES string of the molecule is [2H]c1c[nH]c2c(C)c(C)ccc12. The second kappa shape index (κ2) is 2.12. The molecule has 0 saturated heterocycles. The summed E-state index contributed by atoms with van der Waals surface area (Å²) < 4.78 is 7.58. The van der Waals surface area contributed by atoms with E-state index in [1.54, 1.807) is 6.20 Å². The van der Waals surface area contributed by atoms with Gasteiger partial charge >= 0.3 is 0 Å². The molecule has 0 amide bonds. The Balaban J connectivity index is 2.93. The van der Waals surface area contributed by atoms with Gasteiger partial charge in [-0.05, 0) is 36.4 Å². The van der Waals surface area contributed by atoms with E-state index in [9.17, 15) is 0 Å². The number of benzene rings is 1. The molecule has 0 aliphatic rings. The molecule has 1 N–H and O–H groups in total. The quantitative estimate of drug-likeness (QED) is 0.588. The Kier molecular flexibility index (Phi) is 1.05. The zero-order chi connectivity index (χ0) is 8.72. The monoisotopic (exact) mass is 146 g/mol. The Labute approximate surface area is 67.5 Å². The highest BCUT2D eigenvalue weighted by atomic mass is 14.7. The second-order valence-corrected chi connectivity index (χ2v) is 2.86. The maximum Gasteiger partial charge on any atom is 0.0645 e. The van der Waals surface area contributed by atoms with Gasteiger partial charge in [-0.1, -0.05) is 12.1 Å². The van der Waals surface area contributed by atoms with Crippen molar-refractivity contribution in [1.82, 2.24) is 4.98 Å². The molecule has 0 aliphatic heterocycles. The van der Waals surface area contributed by atoms with E-state index in [0.717, 1.165) is 10.9 Å². The van der Waals surface area contributed by atoms with Crippen molar-refractivity contribution in [3.05, 3.63) is 35.5 Å². The molecule has 1 heteroatoms. The van der Waals surface area contributed by atoms with Gasteiger partial charge in [0.1, 0.15) is 0 Å². The van der Waals surface area contributed by atoms with E-state index in [-0.39, 0.29) is 0 Å². The van der Waals surface area contributed by atoms with Gasteiger partial charge in [-0.3, -0.25) is 0 Å². The molecule has 0 fully saturated rings. The number of aromatic nitrogens is 1. The summed E-state index contributed by atoms with van der Waals surface area (Å²) in [5.74, 6) is 0. The number of H-pyrrole nitrogens is 1. The molecular weight excluding hydrogens is 134 g/mol. The normalized spacial score (nSPS) is 12.0. The molecule has 11 heavy (non-hydrogen) atoms. The fourth-order valence-electron chi connectivity index (χ4n) is 1.31. The van der Waals surface area contributed by atoms with Crippen molar-refractivity contribution in [1.29, 1.82) is 0 Å². The van der Waals surface area contributed by atoms with Gasteiger partial charge in [0, 0.05) is 11.7 Å². The standard InChI is InChI=1S/C10H11N/c1-7-3-4-9-5-6-11-10(9)8(7)2/h3-6,11H,1-2H3/i5D. The summed E-state index contributed by atoms with van der Waals surface area (Å²) >= 11 is 0. The van der Waals surface area contributed by atoms with Crippen molar-refractivity contribution in [3.8, 4) is 0 Å². The smallest absolute Gasteiger partial charge is 0.0645 e. The zero-order valence-electron chi connectivity index (χ0n) is 7.73. The van der Waals surface area contributed by atoms with E-state index in [1.165, 1.54) is 11.1 Å². The maximum absolute atomic E-state index is 7.58. The molecule has 0 unspecified atom stereocenters. The van der Waals surface area contributed by atoms with Gasteiger partial charge in [0.05, 0.1) is 1.37 Å². The van der Waals surface area contributed by atoms with Crippen molar-refractivity contribution in [2.45, 2.75) is 13.8 Å². The first kappa shape index (κ1) is 5.42. The Hall–Kier alpha value is -1.24. The average Bonchev–Trinajstić information content (AvgIpc) is 2.41. The number of hydrogen-bond donors (Lipinski definition) is 1. The van der Waals surface area contributed by atoms with Crippen LogP contribution in [-0.4, -0.2) is 4.98 Å². The molecule has 2 rings (SSSR count). The minimum absolute atomic E-state index is 0.577. The molecule has 56 valence electrons. The van der Waals surface area contributed by atoms with Gasteiger partial charge in [-0.25, -0.2) is 0 Å². The predicted molar refractivity (Wildman–Crippen MR) is 47.8 cm³/mol. The number of nitrogens with one attached hydrogen (secondary N) is 1. The predicted octanol–water partition coefficient (Wildman–Crippen LogP) is 2.78. The molecule has 1 nitrogen and oxygen atoms in total. The molecule has 0 saturated carbocycles. The molecule has 0 atom stereocenters. The van der Waals surface area contributed by atoms with Gasteiger partial charge in [0.25, 0.3) is 0 Å². The van der Waals surface area contributed by atoms with E-state index < -0.39 is 0 Å². The number of rotatable bonds is 0. The first-order chi connectivity index (χ1) is 5.70. The third-order valence-corrected chi connectivity index (χ3v) is 2.18. The highest BCUT2D eigenvalue weighted by molar-refractivity contribution is 5.83. The maximum atomic E-state index is 7.58. The molecule has 0 aliphatic carbocycles. The van der Waals surface area contributed by atoms with Gasteiger partial charge in [0.15, 0.2) is 0 Å². The van der Waals surface area contributed by atoms with Crippen molar-refractivity contribution < 1.29 is 1.37 Å². The summed E-state index contributed by atoms with van der Waals surface area (Å²) in [4.78, 5) is 3.11. The van der Waals surface area contributed by atoms with Crippen LogP contribution in [0.25, 0.3) is 10.9 Å². The molecule has 0 spiro atoms. The Bertz CT molecular complexity index is 429. The summed E-state index contributed by atoms with van der Waals surface area (Å²) in [6.45, 7) is 4.16. The van der Waals surface area contributed by atoms with Crippen LogP contribution in [0.1, 0.15) is 12.5 Å². The summed E-state index contributed by atoms with van der Waals surface area (Å²) in [5.41, 5.74) is 3.61. The summed E-state index contributed by atoms with van der Waals surface area (Å²) in [6, 6.07) is 4.63. The van der Waals surface area contributed by atoms with Crippen LogP contribution < -0.4 is 0 Å². The average molecular weight is 146 g/mol. The lowest BCUT2D eigenvalue weighted by molar-refractivity contribution is 1.34. The van der Waals surface area contributed by atoms with Crippen LogP contribution in [0.15, 0.2) is 24.4 Å². The molecule has 1 heterocycles. The first-order valence-electron chi connectivity index (χ1n) is 4.24. The largest absolute Gasteiger partial charge is 0.361 e. The van der Waals surface area contributed by atoms with Crippen LogP contribution in [0.2, 0.25) is 0 Å². The zero-order valence-corrected chi connectivity index (χ0v) is 6.73. The van der Waals surface area contributed by atoms with E-state index >= 15 is 0 Å². The van der Waals surface area contributed by atoms with Crippen LogP contribution in [0.4, 0.5) is 0 Å². The molecule has 0 bridgehead atoms. The Morgan fingerprint density at radius 1 is 1.36 bits per heavy atom. The van der Waals surface area contributed by atoms with Crippen molar-refractivity contribution in [2.24, 2.45) is 0 Å². The number of aryl methyl sites for hydroxylation is 2. The first-order valence-corrected chi connectivity index (χ1v) is 3.74. The number of hydrogen-bond acceptors (Lipinski definition) is 0. The molecule has 0 radical (unpaired) electrons. The van der Waals surface area contributed by atoms with Crippen molar-refractivity contribution in [2.75, 3.05) is 0 Å². The summed E-state index contributed by atoms with van der Waals surface area (Å²) in [5, 5.41) is 1.01. The van der Waals surface area contributed by atoms with Crippen LogP contribution in [0.3, 0.4) is 0 Å². The van der Waals surface area contributed by atoms with Gasteiger partial charge in [-0.2, -0.15) is 0 Å². The van der Waals surface area contributed by atoms with Crippen LogP contribution >= 0.6 is 0 Å². The third-order valence-electron chi connectivity index (χ3n) is 2.18. The Morgan fingerprint density at radius 2 is 2.18 bits per heavy atom. The highest BCUT2D eigenvalue weighted by Crippen LogP contribution is 2.18. The van der Waals surface area contributed by atoms with Crippen LogP contribution in [0, 0.1) is 13.8 Å². The lowest BCUT2D eigenvalue weighted by atomic mass is 10.1. The van der Waals surface area contributed by atoms with Crippen LogP contribution in [-0.2, 0) is 0 Å². The van der Waals surface area contributed by atoms with E-state index in [0.29, 0.717) is 6.04 Å². The summed E-state index contributed by atoms with van der Waals surface area (Å²) in [6.07, 6.45) is 1.73. The highest BCUT2D eigenvalue weighted by Gasteiger charge is 1.98. The number of aromatic amines is 1. The van der Waals surface area contributed by atoms with Crippen molar-refractivity contribution >= 4 is 10.9 Å². The summed E-state index contributed by atoms with van der Waals surface area (Å²) in [7, 11) is 0. The van der Waals surface area contributed by atoms with E-state index in [2.05, 4.69) is 24.9 Å². The third kappa shape index (κ3) is 0.845. The van der Waals surface area contributed by atoms with Crippen LogP contribution in [0.5, 0.6) is 0 Å². The van der Waals surface area contributed by atoms with E-state index in [1.807, 2.05) is 6.07 Å². The fraction of sp³-hybridized carbons (Fsp3) is 0.200. The molecule has 2 aromatic rings.